The maximum Gasteiger partial charge on any atom is 0.217 e. The lowest BCUT2D eigenvalue weighted by Crippen LogP contribution is -2.12. The van der Waals surface area contributed by atoms with E-state index in [2.05, 4.69) is 5.32 Å². The number of primary amides is 1. The smallest absolute Gasteiger partial charge is 0.217 e. The summed E-state index contributed by atoms with van der Waals surface area (Å²) < 4.78 is 0. The van der Waals surface area contributed by atoms with Crippen LogP contribution in [0.5, 0.6) is 0 Å². The molecule has 0 spiro atoms. The van der Waals surface area contributed by atoms with E-state index >= 15 is 0 Å². The van der Waals surface area contributed by atoms with E-state index in [0.29, 0.717) is 6.42 Å². The first-order valence-electron chi connectivity index (χ1n) is 4.20. The maximum absolute atomic E-state index is 10.2. The molecule has 3 heteroatoms. The third kappa shape index (κ3) is 17.7. The molecule has 0 saturated heterocycles. The topological polar surface area (TPSA) is 55.1 Å². The molecule has 0 atom stereocenters. The molecule has 0 bridgehead atoms. The van der Waals surface area contributed by atoms with Crippen molar-refractivity contribution in [1.29, 1.82) is 0 Å². The zero-order chi connectivity index (χ0) is 9.11. The lowest BCUT2D eigenvalue weighted by molar-refractivity contribution is -0.118. The Bertz CT molecular complexity index is 84.2. The van der Waals surface area contributed by atoms with Crippen molar-refractivity contribution in [2.45, 2.75) is 33.1 Å². The highest BCUT2D eigenvalue weighted by Crippen LogP contribution is 1.91. The average molecular weight is 160 g/mol. The average Bonchev–Trinajstić information content (AvgIpc) is 2.02. The van der Waals surface area contributed by atoms with Gasteiger partial charge < -0.3 is 11.1 Å². The van der Waals surface area contributed by atoms with Crippen molar-refractivity contribution in [2.75, 3.05) is 13.6 Å². The Kier molecular flexibility index (Phi) is 14.4. The SMILES string of the molecule is CC.CNCCCCC(N)=O. The standard InChI is InChI=1S/C6H14N2O.C2H6/c1-8-5-3-2-4-6(7)9;1-2/h8H,2-5H2,1H3,(H2,7,9);1-2H3. The number of carbonyl (C=O) groups is 1. The zero-order valence-electron chi connectivity index (χ0n) is 7.81. The predicted octanol–water partition coefficient (Wildman–Crippen LogP) is 0.888. The van der Waals surface area contributed by atoms with Gasteiger partial charge in [-0.15, -0.1) is 0 Å². The zero-order valence-corrected chi connectivity index (χ0v) is 7.81. The van der Waals surface area contributed by atoms with E-state index in [9.17, 15) is 4.79 Å². The summed E-state index contributed by atoms with van der Waals surface area (Å²) in [7, 11) is 1.89. The van der Waals surface area contributed by atoms with Gasteiger partial charge in [0.05, 0.1) is 0 Å². The number of nitrogens with two attached hydrogens (primary N) is 1. The van der Waals surface area contributed by atoms with Crippen molar-refractivity contribution in [1.82, 2.24) is 5.32 Å². The molecule has 0 fully saturated rings. The number of hydrogen-bond donors (Lipinski definition) is 2. The molecule has 0 heterocycles. The molecule has 0 radical (unpaired) electrons. The van der Waals surface area contributed by atoms with Crippen molar-refractivity contribution in [3.8, 4) is 0 Å². The van der Waals surface area contributed by atoms with Gasteiger partial charge in [-0.25, -0.2) is 0 Å². The highest BCUT2D eigenvalue weighted by Gasteiger charge is 1.91. The summed E-state index contributed by atoms with van der Waals surface area (Å²) in [5.41, 5.74) is 4.92. The van der Waals surface area contributed by atoms with Crippen molar-refractivity contribution < 1.29 is 4.79 Å². The molecule has 0 aliphatic heterocycles. The third-order valence-electron chi connectivity index (χ3n) is 1.10. The van der Waals surface area contributed by atoms with Gasteiger partial charge in [0.25, 0.3) is 0 Å². The fraction of sp³-hybridized carbons (Fsp3) is 0.875. The van der Waals surface area contributed by atoms with E-state index in [1.54, 1.807) is 0 Å². The Morgan fingerprint density at radius 1 is 1.36 bits per heavy atom. The largest absolute Gasteiger partial charge is 0.370 e. The Hall–Kier alpha value is -0.570. The van der Waals surface area contributed by atoms with Gasteiger partial charge in [-0.1, -0.05) is 13.8 Å². The van der Waals surface area contributed by atoms with E-state index in [0.717, 1.165) is 19.4 Å². The van der Waals surface area contributed by atoms with Crippen LogP contribution >= 0.6 is 0 Å². The van der Waals surface area contributed by atoms with Crippen LogP contribution in [0.4, 0.5) is 0 Å². The van der Waals surface area contributed by atoms with Gasteiger partial charge in [0.1, 0.15) is 0 Å². The molecular formula is C8H20N2O. The predicted molar refractivity (Wildman–Crippen MR) is 48.3 cm³/mol. The first kappa shape index (κ1) is 13.1. The molecule has 0 rings (SSSR count). The summed E-state index contributed by atoms with van der Waals surface area (Å²) in [5, 5.41) is 2.99. The Morgan fingerprint density at radius 3 is 2.27 bits per heavy atom. The monoisotopic (exact) mass is 160 g/mol. The molecule has 0 aromatic carbocycles. The summed E-state index contributed by atoms with van der Waals surface area (Å²) in [4.78, 5) is 10.2. The molecule has 3 nitrogen and oxygen atoms in total. The van der Waals surface area contributed by atoms with Crippen LogP contribution in [0.1, 0.15) is 33.1 Å². The molecule has 68 valence electrons. The number of unbranched alkanes of at least 4 members (excludes halogenated alkanes) is 1. The summed E-state index contributed by atoms with van der Waals surface area (Å²) in [6.07, 6.45) is 2.44. The third-order valence-corrected chi connectivity index (χ3v) is 1.10. The summed E-state index contributed by atoms with van der Waals surface area (Å²) in [6.45, 7) is 4.97. The van der Waals surface area contributed by atoms with E-state index in [4.69, 9.17) is 5.73 Å². The summed E-state index contributed by atoms with van der Waals surface area (Å²) in [6, 6.07) is 0. The van der Waals surface area contributed by atoms with E-state index in [-0.39, 0.29) is 5.91 Å². The molecular weight excluding hydrogens is 140 g/mol. The minimum absolute atomic E-state index is 0.203. The van der Waals surface area contributed by atoms with Crippen LogP contribution in [0.15, 0.2) is 0 Å². The Morgan fingerprint density at radius 2 is 1.91 bits per heavy atom. The normalized spacial score (nSPS) is 8.27. The lowest BCUT2D eigenvalue weighted by atomic mass is 10.2. The van der Waals surface area contributed by atoms with Crippen molar-refractivity contribution in [2.24, 2.45) is 5.73 Å². The van der Waals surface area contributed by atoms with Crippen LogP contribution in [0.2, 0.25) is 0 Å². The molecule has 3 N–H and O–H groups in total. The fourth-order valence-corrected chi connectivity index (χ4v) is 0.601. The van der Waals surface area contributed by atoms with E-state index in [1.165, 1.54) is 0 Å². The molecule has 0 saturated carbocycles. The van der Waals surface area contributed by atoms with Gasteiger partial charge in [-0.3, -0.25) is 4.79 Å². The van der Waals surface area contributed by atoms with Crippen molar-refractivity contribution >= 4 is 5.91 Å². The van der Waals surface area contributed by atoms with Gasteiger partial charge in [0.15, 0.2) is 0 Å². The highest BCUT2D eigenvalue weighted by atomic mass is 16.1. The molecule has 0 unspecified atom stereocenters. The van der Waals surface area contributed by atoms with Crippen LogP contribution in [0.25, 0.3) is 0 Å². The molecule has 0 aliphatic rings. The second-order valence-corrected chi connectivity index (χ2v) is 2.03. The van der Waals surface area contributed by atoms with Crippen molar-refractivity contribution in [3.05, 3.63) is 0 Å². The minimum Gasteiger partial charge on any atom is -0.370 e. The van der Waals surface area contributed by atoms with Gasteiger partial charge in [0.2, 0.25) is 5.91 Å². The molecule has 11 heavy (non-hydrogen) atoms. The Balaban J connectivity index is 0. The highest BCUT2D eigenvalue weighted by molar-refractivity contribution is 5.73. The quantitative estimate of drug-likeness (QED) is 0.587. The van der Waals surface area contributed by atoms with Crippen LogP contribution in [0.3, 0.4) is 0 Å². The number of hydrogen-bond acceptors (Lipinski definition) is 2. The van der Waals surface area contributed by atoms with Crippen LogP contribution < -0.4 is 11.1 Å². The molecule has 0 aromatic rings. The number of carbonyl (C=O) groups excluding carboxylic acids is 1. The first-order valence-corrected chi connectivity index (χ1v) is 4.20. The van der Waals surface area contributed by atoms with E-state index < -0.39 is 0 Å². The number of amides is 1. The minimum atomic E-state index is -0.203. The second kappa shape index (κ2) is 12.1. The van der Waals surface area contributed by atoms with Crippen LogP contribution in [-0.2, 0) is 4.79 Å². The van der Waals surface area contributed by atoms with E-state index in [1.807, 2.05) is 20.9 Å². The molecule has 1 amide bonds. The first-order chi connectivity index (χ1) is 5.27. The summed E-state index contributed by atoms with van der Waals surface area (Å²) >= 11 is 0. The molecule has 0 aromatic heterocycles. The fourth-order valence-electron chi connectivity index (χ4n) is 0.601. The van der Waals surface area contributed by atoms with Gasteiger partial charge >= 0.3 is 0 Å². The van der Waals surface area contributed by atoms with Gasteiger partial charge in [-0.2, -0.15) is 0 Å². The number of rotatable bonds is 5. The van der Waals surface area contributed by atoms with Crippen LogP contribution in [-0.4, -0.2) is 19.5 Å². The lowest BCUT2D eigenvalue weighted by Gasteiger charge is -1.95. The van der Waals surface area contributed by atoms with Crippen LogP contribution in [0, 0.1) is 0 Å². The van der Waals surface area contributed by atoms with Gasteiger partial charge in [0, 0.05) is 6.42 Å². The Labute approximate surface area is 69.4 Å². The maximum atomic E-state index is 10.2. The number of nitrogens with one attached hydrogen (secondary N) is 1. The van der Waals surface area contributed by atoms with Crippen molar-refractivity contribution in [3.63, 3.8) is 0 Å². The second-order valence-electron chi connectivity index (χ2n) is 2.03. The van der Waals surface area contributed by atoms with Gasteiger partial charge in [-0.05, 0) is 26.4 Å². The summed E-state index contributed by atoms with van der Waals surface area (Å²) in [5.74, 6) is -0.203. The molecule has 0 aliphatic carbocycles.